The maximum absolute atomic E-state index is 13.5. The summed E-state index contributed by atoms with van der Waals surface area (Å²) in [5, 5.41) is 3.50. The van der Waals surface area contributed by atoms with E-state index in [1.807, 2.05) is 13.8 Å². The highest BCUT2D eigenvalue weighted by Crippen LogP contribution is 2.38. The van der Waals surface area contributed by atoms with E-state index in [9.17, 15) is 14.0 Å². The third-order valence-electron chi connectivity index (χ3n) is 5.32. The molecular formula is C24H22FN3O3S. The molecule has 0 unspecified atom stereocenters. The van der Waals surface area contributed by atoms with Crippen LogP contribution in [0.15, 0.2) is 53.5 Å². The summed E-state index contributed by atoms with van der Waals surface area (Å²) in [5.74, 6) is -0.238. The number of rotatable bonds is 5. The van der Waals surface area contributed by atoms with Crippen LogP contribution in [-0.2, 0) is 9.59 Å². The SMILES string of the molecule is COc1ccc(NC(=O)CN2C(=O)CN=C(c3ccc(F)cc3)c3c2sc(C)c3C)cc1. The fraction of sp³-hybridized carbons (Fsp3) is 0.208. The number of carbonyl (C=O) groups is 2. The molecule has 3 aromatic rings. The van der Waals surface area contributed by atoms with Gasteiger partial charge in [0.2, 0.25) is 11.8 Å². The van der Waals surface area contributed by atoms with Crippen LogP contribution < -0.4 is 15.0 Å². The van der Waals surface area contributed by atoms with E-state index in [1.54, 1.807) is 43.5 Å². The lowest BCUT2D eigenvalue weighted by Crippen LogP contribution is -2.38. The molecular weight excluding hydrogens is 429 g/mol. The number of aryl methyl sites for hydroxylation is 1. The highest BCUT2D eigenvalue weighted by molar-refractivity contribution is 7.17. The number of anilines is 2. The minimum Gasteiger partial charge on any atom is -0.497 e. The van der Waals surface area contributed by atoms with Crippen molar-refractivity contribution in [2.24, 2.45) is 4.99 Å². The molecule has 0 saturated heterocycles. The van der Waals surface area contributed by atoms with Crippen molar-refractivity contribution in [3.63, 3.8) is 0 Å². The van der Waals surface area contributed by atoms with Gasteiger partial charge < -0.3 is 10.1 Å². The standard InChI is InChI=1S/C24H22FN3O3S/c1-14-15(2)32-24-22(14)23(16-4-6-17(25)7-5-16)26-12-21(30)28(24)13-20(29)27-18-8-10-19(31-3)11-9-18/h4-11H,12-13H2,1-3H3,(H,27,29). The zero-order valence-electron chi connectivity index (χ0n) is 17.9. The van der Waals surface area contributed by atoms with Crippen LogP contribution in [0, 0.1) is 19.7 Å². The number of ether oxygens (including phenoxy) is 1. The maximum atomic E-state index is 13.5. The molecule has 32 heavy (non-hydrogen) atoms. The number of nitrogens with zero attached hydrogens (tertiary/aromatic N) is 2. The monoisotopic (exact) mass is 451 g/mol. The van der Waals surface area contributed by atoms with Crippen molar-refractivity contribution in [2.45, 2.75) is 13.8 Å². The molecule has 0 saturated carbocycles. The van der Waals surface area contributed by atoms with Crippen molar-refractivity contribution in [2.75, 3.05) is 30.4 Å². The summed E-state index contributed by atoms with van der Waals surface area (Å²) in [7, 11) is 1.57. The first-order valence-corrected chi connectivity index (χ1v) is 10.8. The quantitative estimate of drug-likeness (QED) is 0.628. The minimum atomic E-state index is -0.339. The second-order valence-corrected chi connectivity index (χ2v) is 8.59. The van der Waals surface area contributed by atoms with Crippen molar-refractivity contribution in [3.05, 3.63) is 75.9 Å². The molecule has 1 aliphatic rings. The molecule has 2 heterocycles. The fourth-order valence-corrected chi connectivity index (χ4v) is 4.70. The number of hydrogen-bond donors (Lipinski definition) is 1. The van der Waals surface area contributed by atoms with Gasteiger partial charge in [-0.25, -0.2) is 4.39 Å². The van der Waals surface area contributed by atoms with Crippen LogP contribution in [0.3, 0.4) is 0 Å². The Hall–Kier alpha value is -3.52. The average Bonchev–Trinajstić information content (AvgIpc) is 3.00. The van der Waals surface area contributed by atoms with Gasteiger partial charge in [-0.1, -0.05) is 0 Å². The number of amides is 2. The third kappa shape index (κ3) is 4.27. The lowest BCUT2D eigenvalue weighted by Gasteiger charge is -2.20. The first-order chi connectivity index (χ1) is 15.4. The van der Waals surface area contributed by atoms with E-state index in [0.717, 1.165) is 21.6 Å². The number of hydrogen-bond acceptors (Lipinski definition) is 5. The molecule has 6 nitrogen and oxygen atoms in total. The summed E-state index contributed by atoms with van der Waals surface area (Å²) in [6.07, 6.45) is 0. The van der Waals surface area contributed by atoms with Gasteiger partial charge in [-0.15, -0.1) is 11.3 Å². The zero-order chi connectivity index (χ0) is 22.8. The van der Waals surface area contributed by atoms with Gasteiger partial charge in [0.05, 0.1) is 12.8 Å². The van der Waals surface area contributed by atoms with Crippen LogP contribution in [0.25, 0.3) is 0 Å². The van der Waals surface area contributed by atoms with Crippen molar-refractivity contribution in [1.82, 2.24) is 0 Å². The van der Waals surface area contributed by atoms with Gasteiger partial charge in [0.25, 0.3) is 0 Å². The summed E-state index contributed by atoms with van der Waals surface area (Å²) in [5.41, 5.74) is 3.77. The van der Waals surface area contributed by atoms with Crippen molar-refractivity contribution < 1.29 is 18.7 Å². The fourth-order valence-electron chi connectivity index (χ4n) is 3.52. The van der Waals surface area contributed by atoms with Gasteiger partial charge >= 0.3 is 0 Å². The van der Waals surface area contributed by atoms with Crippen molar-refractivity contribution >= 4 is 39.6 Å². The Bertz CT molecular complexity index is 1200. The largest absolute Gasteiger partial charge is 0.497 e. The molecule has 0 radical (unpaired) electrons. The Morgan fingerprint density at radius 2 is 1.84 bits per heavy atom. The summed E-state index contributed by atoms with van der Waals surface area (Å²) in [6.45, 7) is 3.71. The van der Waals surface area contributed by atoms with Crippen LogP contribution in [-0.4, -0.2) is 37.7 Å². The van der Waals surface area contributed by atoms with Gasteiger partial charge in [0.15, 0.2) is 0 Å². The molecule has 2 amide bonds. The number of methoxy groups -OCH3 is 1. The summed E-state index contributed by atoms with van der Waals surface area (Å²) in [6, 6.07) is 13.0. The molecule has 1 aromatic heterocycles. The summed E-state index contributed by atoms with van der Waals surface area (Å²) in [4.78, 5) is 32.8. The van der Waals surface area contributed by atoms with E-state index < -0.39 is 0 Å². The zero-order valence-corrected chi connectivity index (χ0v) is 18.8. The van der Waals surface area contributed by atoms with Gasteiger partial charge in [0, 0.05) is 21.7 Å². The van der Waals surface area contributed by atoms with E-state index in [0.29, 0.717) is 22.1 Å². The Kier molecular flexibility index (Phi) is 6.05. The lowest BCUT2D eigenvalue weighted by atomic mass is 10.00. The summed E-state index contributed by atoms with van der Waals surface area (Å²) < 4.78 is 18.6. The number of fused-ring (bicyclic) bond motifs is 1. The molecule has 2 aromatic carbocycles. The van der Waals surface area contributed by atoms with Gasteiger partial charge in [-0.3, -0.25) is 19.5 Å². The normalized spacial score (nSPS) is 13.3. The third-order valence-corrected chi connectivity index (χ3v) is 6.55. The Morgan fingerprint density at radius 3 is 2.50 bits per heavy atom. The average molecular weight is 452 g/mol. The molecule has 0 fully saturated rings. The molecule has 0 spiro atoms. The number of thiophene rings is 1. The van der Waals surface area contributed by atoms with Gasteiger partial charge in [-0.2, -0.15) is 0 Å². The smallest absolute Gasteiger partial charge is 0.249 e. The van der Waals surface area contributed by atoms with Crippen molar-refractivity contribution in [3.8, 4) is 5.75 Å². The van der Waals surface area contributed by atoms with Crippen LogP contribution in [0.1, 0.15) is 21.6 Å². The van der Waals surface area contributed by atoms with E-state index in [4.69, 9.17) is 4.74 Å². The molecule has 8 heteroatoms. The Balaban J connectivity index is 1.64. The molecule has 4 rings (SSSR count). The molecule has 164 valence electrons. The van der Waals surface area contributed by atoms with Gasteiger partial charge in [-0.05, 0) is 67.9 Å². The first-order valence-electron chi connectivity index (χ1n) is 10.0. The highest BCUT2D eigenvalue weighted by atomic mass is 32.1. The van der Waals surface area contributed by atoms with E-state index in [2.05, 4.69) is 10.3 Å². The first kappa shape index (κ1) is 21.7. The van der Waals surface area contributed by atoms with Crippen LogP contribution in [0.5, 0.6) is 5.75 Å². The Labute approximate surface area is 189 Å². The number of carbonyl (C=O) groups excluding carboxylic acids is 2. The molecule has 1 N–H and O–H groups in total. The predicted molar refractivity (Wildman–Crippen MR) is 125 cm³/mol. The Morgan fingerprint density at radius 1 is 1.16 bits per heavy atom. The van der Waals surface area contributed by atoms with Crippen molar-refractivity contribution in [1.29, 1.82) is 0 Å². The molecule has 0 aliphatic carbocycles. The van der Waals surface area contributed by atoms with Crippen LogP contribution in [0.4, 0.5) is 15.1 Å². The number of benzene rings is 2. The minimum absolute atomic E-state index is 0.0948. The molecule has 0 atom stereocenters. The van der Waals surface area contributed by atoms with E-state index >= 15 is 0 Å². The number of aliphatic imine (C=N–C) groups is 1. The lowest BCUT2D eigenvalue weighted by molar-refractivity contribution is -0.120. The topological polar surface area (TPSA) is 71.0 Å². The maximum Gasteiger partial charge on any atom is 0.249 e. The van der Waals surface area contributed by atoms with Gasteiger partial charge in [0.1, 0.15) is 29.7 Å². The highest BCUT2D eigenvalue weighted by Gasteiger charge is 2.30. The number of nitrogens with one attached hydrogen (secondary N) is 1. The molecule has 0 bridgehead atoms. The van der Waals surface area contributed by atoms with E-state index in [1.165, 1.54) is 28.4 Å². The second-order valence-electron chi connectivity index (χ2n) is 7.39. The second kappa shape index (κ2) is 8.92. The molecule has 1 aliphatic heterocycles. The van der Waals surface area contributed by atoms with E-state index in [-0.39, 0.29) is 30.7 Å². The predicted octanol–water partition coefficient (Wildman–Crippen LogP) is 4.34. The van der Waals surface area contributed by atoms with Crippen LogP contribution in [0.2, 0.25) is 0 Å². The number of halogens is 1. The summed E-state index contributed by atoms with van der Waals surface area (Å²) >= 11 is 1.45. The van der Waals surface area contributed by atoms with Crippen LogP contribution >= 0.6 is 11.3 Å².